The first-order chi connectivity index (χ1) is 5.89. The number of hydrogen-bond acceptors (Lipinski definition) is 5. The predicted octanol–water partition coefficient (Wildman–Crippen LogP) is -1.91. The average molecular weight is 210 g/mol. The topological polar surface area (TPSA) is 110 Å². The third kappa shape index (κ3) is 5.52. The summed E-state index contributed by atoms with van der Waals surface area (Å²) in [6.07, 6.45) is 1.06. The van der Waals surface area contributed by atoms with Crippen LogP contribution in [-0.4, -0.2) is 22.2 Å². The van der Waals surface area contributed by atoms with Crippen LogP contribution in [0.15, 0.2) is 0 Å². The maximum absolute atomic E-state index is 10.3. The maximum atomic E-state index is 10.3. The van der Waals surface area contributed by atoms with E-state index < -0.39 is 19.9 Å². The van der Waals surface area contributed by atoms with E-state index >= 15 is 0 Å². The van der Waals surface area contributed by atoms with E-state index in [9.17, 15) is 14.7 Å². The minimum Gasteiger partial charge on any atom is -0.686 e. The van der Waals surface area contributed by atoms with Crippen molar-refractivity contribution in [1.29, 1.82) is 0 Å². The summed E-state index contributed by atoms with van der Waals surface area (Å²) >= 11 is 0. The number of aliphatic hydroxyl groups excluding tert-OH is 2. The van der Waals surface area contributed by atoms with Gasteiger partial charge >= 0.3 is 0 Å². The lowest BCUT2D eigenvalue weighted by Crippen LogP contribution is -2.46. The lowest BCUT2D eigenvalue weighted by atomic mass is 10.1. The molecule has 2 N–H and O–H groups in total. The highest BCUT2D eigenvalue weighted by Crippen LogP contribution is 2.36. The Hall–Kier alpha value is 0.230. The molecule has 0 amide bonds. The highest BCUT2D eigenvalue weighted by atomic mass is 31.2. The van der Waals surface area contributed by atoms with Crippen LogP contribution >= 0.6 is 7.94 Å². The van der Waals surface area contributed by atoms with Gasteiger partial charge in [0, 0.05) is 0 Å². The molecule has 0 aromatic rings. The van der Waals surface area contributed by atoms with Crippen molar-refractivity contribution in [1.82, 2.24) is 0 Å². The molecule has 0 heterocycles. The van der Waals surface area contributed by atoms with Gasteiger partial charge in [0.25, 0.3) is 0 Å². The number of aliphatic hydroxyl groups is 2. The van der Waals surface area contributed by atoms with Crippen molar-refractivity contribution in [2.24, 2.45) is 0 Å². The zero-order valence-corrected chi connectivity index (χ0v) is 8.44. The molecule has 13 heavy (non-hydrogen) atoms. The van der Waals surface area contributed by atoms with Crippen LogP contribution < -0.4 is 14.7 Å². The Balaban J connectivity index is 3.76. The Morgan fingerprint density at radius 2 is 1.69 bits per heavy atom. The molecule has 0 aromatic heterocycles. The van der Waals surface area contributed by atoms with Crippen molar-refractivity contribution in [3.8, 4) is 0 Å². The molecule has 0 bridgehead atoms. The van der Waals surface area contributed by atoms with Crippen LogP contribution in [0.4, 0.5) is 0 Å². The summed E-state index contributed by atoms with van der Waals surface area (Å²) in [7, 11) is -5.06. The van der Waals surface area contributed by atoms with E-state index in [4.69, 9.17) is 10.2 Å². The van der Waals surface area contributed by atoms with Crippen LogP contribution in [0.2, 0.25) is 0 Å². The van der Waals surface area contributed by atoms with Gasteiger partial charge in [-0.3, -0.25) is 0 Å². The first kappa shape index (κ1) is 13.2. The van der Waals surface area contributed by atoms with Gasteiger partial charge in [0.1, 0.15) is 6.10 Å². The second kappa shape index (κ2) is 5.86. The van der Waals surface area contributed by atoms with E-state index in [1.807, 2.05) is 6.92 Å². The summed E-state index contributed by atoms with van der Waals surface area (Å²) in [5.41, 5.74) is 0. The highest BCUT2D eigenvalue weighted by Gasteiger charge is 2.22. The fourth-order valence-corrected chi connectivity index (χ4v) is 1.53. The Morgan fingerprint density at radius 3 is 2.08 bits per heavy atom. The zero-order valence-electron chi connectivity index (χ0n) is 7.55. The second-order valence-electron chi connectivity index (χ2n) is 3.02. The Kier molecular flexibility index (Phi) is 5.96. The Bertz CT molecular complexity index is 135. The standard InChI is InChI=1S/C7H17O5P/c1-2-3-4-5-6(8)7(9)13(10,11)12/h6-9H,2-5H2,1H3,(H2,10,11,12)/p-2/t6-,7-/m0/s1. The largest absolute Gasteiger partial charge is 0.686 e. The molecule has 0 aliphatic carbocycles. The predicted molar refractivity (Wildman–Crippen MR) is 43.1 cm³/mol. The van der Waals surface area contributed by atoms with Crippen molar-refractivity contribution in [2.75, 3.05) is 0 Å². The quantitative estimate of drug-likeness (QED) is 0.392. The smallest absolute Gasteiger partial charge is 0.172 e. The van der Waals surface area contributed by atoms with Crippen LogP contribution in [0.25, 0.3) is 0 Å². The van der Waals surface area contributed by atoms with E-state index in [0.717, 1.165) is 12.8 Å². The molecule has 0 spiro atoms. The van der Waals surface area contributed by atoms with Gasteiger partial charge in [0.2, 0.25) is 0 Å². The monoisotopic (exact) mass is 210 g/mol. The molecule has 0 aliphatic heterocycles. The second-order valence-corrected chi connectivity index (χ2v) is 4.63. The van der Waals surface area contributed by atoms with E-state index in [0.29, 0.717) is 6.42 Å². The summed E-state index contributed by atoms with van der Waals surface area (Å²) in [6, 6.07) is 0. The van der Waals surface area contributed by atoms with Gasteiger partial charge < -0.3 is 24.9 Å². The zero-order chi connectivity index (χ0) is 10.5. The SMILES string of the molecule is CCCCC[C@H](O)[C@@H](O)[P+]([O-])([O-])[O-]. The Labute approximate surface area is 78.2 Å². The summed E-state index contributed by atoms with van der Waals surface area (Å²) in [6.45, 7) is 1.95. The van der Waals surface area contributed by atoms with Gasteiger partial charge in [0.05, 0.1) is 0 Å². The molecule has 0 aliphatic rings. The lowest BCUT2D eigenvalue weighted by Gasteiger charge is -2.46. The van der Waals surface area contributed by atoms with Crippen molar-refractivity contribution < 1.29 is 24.9 Å². The molecule has 5 nitrogen and oxygen atoms in total. The molecule has 0 saturated heterocycles. The number of rotatable bonds is 6. The van der Waals surface area contributed by atoms with Gasteiger partial charge in [-0.2, -0.15) is 0 Å². The molecule has 2 atom stereocenters. The minimum atomic E-state index is -5.06. The van der Waals surface area contributed by atoms with Crippen molar-refractivity contribution in [3.05, 3.63) is 0 Å². The van der Waals surface area contributed by atoms with Crippen molar-refractivity contribution in [2.45, 2.75) is 44.6 Å². The van der Waals surface area contributed by atoms with Gasteiger partial charge in [-0.25, -0.2) is 0 Å². The molecular weight excluding hydrogens is 195 g/mol. The maximum Gasteiger partial charge on any atom is 0.172 e. The molecule has 80 valence electrons. The minimum absolute atomic E-state index is 0.142. The van der Waals surface area contributed by atoms with Gasteiger partial charge in [-0.1, -0.05) is 26.2 Å². The molecule has 0 radical (unpaired) electrons. The van der Waals surface area contributed by atoms with Crippen LogP contribution in [0, 0.1) is 0 Å². The van der Waals surface area contributed by atoms with Crippen LogP contribution in [0.5, 0.6) is 0 Å². The average Bonchev–Trinajstić information content (AvgIpc) is 2.01. The molecule has 0 unspecified atom stereocenters. The fourth-order valence-electron chi connectivity index (χ4n) is 0.963. The Morgan fingerprint density at radius 1 is 1.15 bits per heavy atom. The normalized spacial score (nSPS) is 17.1. The van der Waals surface area contributed by atoms with Crippen molar-refractivity contribution in [3.63, 3.8) is 0 Å². The molecule has 6 heteroatoms. The first-order valence-electron chi connectivity index (χ1n) is 4.27. The third-order valence-corrected chi connectivity index (χ3v) is 2.76. The van der Waals surface area contributed by atoms with Gasteiger partial charge in [-0.05, 0) is 6.42 Å². The molecule has 0 aromatic carbocycles. The van der Waals surface area contributed by atoms with Crippen molar-refractivity contribution >= 4 is 7.94 Å². The summed E-state index contributed by atoms with van der Waals surface area (Å²) in [5, 5.41) is 17.9. The van der Waals surface area contributed by atoms with Gasteiger partial charge in [-0.15, -0.1) is 7.94 Å². The molecular formula is C7H15O5P-2. The molecule has 0 rings (SSSR count). The summed E-state index contributed by atoms with van der Waals surface area (Å²) in [5.74, 6) is -2.16. The lowest BCUT2D eigenvalue weighted by molar-refractivity contribution is -0.437. The van der Waals surface area contributed by atoms with Crippen LogP contribution in [0.3, 0.4) is 0 Å². The summed E-state index contributed by atoms with van der Waals surface area (Å²) < 4.78 is 0. The molecule has 0 fully saturated rings. The fraction of sp³-hybridized carbons (Fsp3) is 1.00. The number of unbranched alkanes of at least 4 members (excludes halogenated alkanes) is 2. The first-order valence-corrected chi connectivity index (χ1v) is 5.88. The number of hydrogen-bond donors (Lipinski definition) is 2. The van der Waals surface area contributed by atoms with Gasteiger partial charge in [0.15, 0.2) is 5.85 Å². The van der Waals surface area contributed by atoms with E-state index in [2.05, 4.69) is 0 Å². The highest BCUT2D eigenvalue weighted by molar-refractivity contribution is 7.54. The van der Waals surface area contributed by atoms with E-state index in [-0.39, 0.29) is 6.42 Å². The summed E-state index contributed by atoms with van der Waals surface area (Å²) in [4.78, 5) is 30.8. The van der Waals surface area contributed by atoms with E-state index in [1.54, 1.807) is 0 Å². The van der Waals surface area contributed by atoms with Crippen LogP contribution in [0.1, 0.15) is 32.6 Å². The third-order valence-electron chi connectivity index (χ3n) is 1.77. The molecule has 0 saturated carbocycles. The van der Waals surface area contributed by atoms with E-state index in [1.165, 1.54) is 0 Å². The van der Waals surface area contributed by atoms with Crippen LogP contribution in [-0.2, 0) is 0 Å².